The van der Waals surface area contributed by atoms with Crippen molar-refractivity contribution >= 4 is 23.4 Å². The summed E-state index contributed by atoms with van der Waals surface area (Å²) in [5, 5.41) is 8.31. The average Bonchev–Trinajstić information content (AvgIpc) is 2.85. The summed E-state index contributed by atoms with van der Waals surface area (Å²) in [6, 6.07) is 8.17. The predicted octanol–water partition coefficient (Wildman–Crippen LogP) is 3.16. The molecule has 17 heavy (non-hydrogen) atoms. The lowest BCUT2D eigenvalue weighted by atomic mass is 10.3. The summed E-state index contributed by atoms with van der Waals surface area (Å²) < 4.78 is 1.83. The molecule has 1 aromatic carbocycles. The van der Waals surface area contributed by atoms with Crippen LogP contribution in [0.2, 0.25) is 0 Å². The highest BCUT2D eigenvalue weighted by atomic mass is 35.5. The number of hydrogen-bond acceptors (Lipinski definition) is 3. The topological polar surface area (TPSA) is 30.7 Å². The van der Waals surface area contributed by atoms with Gasteiger partial charge in [0.1, 0.15) is 0 Å². The SMILES string of the molecule is CSc1ccccc1-n1cc(CCCCl)nn1. The van der Waals surface area contributed by atoms with Crippen LogP contribution in [0.4, 0.5) is 0 Å². The molecule has 0 spiro atoms. The summed E-state index contributed by atoms with van der Waals surface area (Å²) in [4.78, 5) is 1.20. The Bertz CT molecular complexity index is 484. The van der Waals surface area contributed by atoms with Gasteiger partial charge in [0.25, 0.3) is 0 Å². The molecule has 0 saturated carbocycles. The molecule has 0 atom stereocenters. The van der Waals surface area contributed by atoms with Crippen molar-refractivity contribution in [3.8, 4) is 5.69 Å². The predicted molar refractivity (Wildman–Crippen MR) is 72.2 cm³/mol. The van der Waals surface area contributed by atoms with Crippen LogP contribution in [-0.2, 0) is 6.42 Å². The lowest BCUT2D eigenvalue weighted by Crippen LogP contribution is -1.96. The zero-order chi connectivity index (χ0) is 12.1. The number of benzene rings is 1. The van der Waals surface area contributed by atoms with Crippen LogP contribution in [0.3, 0.4) is 0 Å². The van der Waals surface area contributed by atoms with E-state index >= 15 is 0 Å². The Kier molecular flexibility index (Phi) is 4.45. The van der Waals surface area contributed by atoms with Gasteiger partial charge >= 0.3 is 0 Å². The minimum Gasteiger partial charge on any atom is -0.219 e. The van der Waals surface area contributed by atoms with E-state index in [0.29, 0.717) is 5.88 Å². The normalized spacial score (nSPS) is 10.7. The number of alkyl halides is 1. The van der Waals surface area contributed by atoms with E-state index < -0.39 is 0 Å². The Hall–Kier alpha value is -1.00. The molecule has 0 N–H and O–H groups in total. The van der Waals surface area contributed by atoms with Crippen molar-refractivity contribution in [1.29, 1.82) is 0 Å². The van der Waals surface area contributed by atoms with Crippen LogP contribution in [0.15, 0.2) is 35.4 Å². The van der Waals surface area contributed by atoms with E-state index in [-0.39, 0.29) is 0 Å². The highest BCUT2D eigenvalue weighted by Crippen LogP contribution is 2.22. The highest BCUT2D eigenvalue weighted by molar-refractivity contribution is 7.98. The van der Waals surface area contributed by atoms with Gasteiger partial charge in [-0.3, -0.25) is 0 Å². The molecule has 0 bridgehead atoms. The number of aryl methyl sites for hydroxylation is 1. The molecule has 0 unspecified atom stereocenters. The van der Waals surface area contributed by atoms with Crippen LogP contribution >= 0.6 is 23.4 Å². The second-order valence-corrected chi connectivity index (χ2v) is 4.84. The monoisotopic (exact) mass is 267 g/mol. The second-order valence-electron chi connectivity index (χ2n) is 3.62. The quantitative estimate of drug-likeness (QED) is 0.616. The molecule has 0 fully saturated rings. The number of halogens is 1. The molecule has 0 radical (unpaired) electrons. The van der Waals surface area contributed by atoms with Gasteiger partial charge in [0.15, 0.2) is 0 Å². The summed E-state index contributed by atoms with van der Waals surface area (Å²) in [5.74, 6) is 0.661. The molecule has 0 saturated heterocycles. The Labute approximate surface area is 110 Å². The van der Waals surface area contributed by atoms with E-state index in [1.807, 2.05) is 29.1 Å². The molecule has 2 rings (SSSR count). The first kappa shape index (κ1) is 12.5. The summed E-state index contributed by atoms with van der Waals surface area (Å²) >= 11 is 7.37. The average molecular weight is 268 g/mol. The fraction of sp³-hybridized carbons (Fsp3) is 0.333. The number of rotatable bonds is 5. The van der Waals surface area contributed by atoms with Crippen molar-refractivity contribution < 1.29 is 0 Å². The van der Waals surface area contributed by atoms with Gasteiger partial charge in [-0.1, -0.05) is 17.3 Å². The van der Waals surface area contributed by atoms with E-state index in [4.69, 9.17) is 11.6 Å². The van der Waals surface area contributed by atoms with Crippen molar-refractivity contribution in [2.45, 2.75) is 17.7 Å². The number of para-hydroxylation sites is 1. The number of aromatic nitrogens is 3. The molecule has 3 nitrogen and oxygen atoms in total. The van der Waals surface area contributed by atoms with Gasteiger partial charge in [0, 0.05) is 10.8 Å². The van der Waals surface area contributed by atoms with Crippen molar-refractivity contribution in [2.24, 2.45) is 0 Å². The first-order valence-electron chi connectivity index (χ1n) is 5.45. The Morgan fingerprint density at radius 3 is 2.94 bits per heavy atom. The summed E-state index contributed by atoms with van der Waals surface area (Å²) in [7, 11) is 0. The van der Waals surface area contributed by atoms with E-state index in [0.717, 1.165) is 24.2 Å². The van der Waals surface area contributed by atoms with Gasteiger partial charge < -0.3 is 0 Å². The maximum absolute atomic E-state index is 5.66. The first-order chi connectivity index (χ1) is 8.35. The van der Waals surface area contributed by atoms with Crippen LogP contribution in [-0.4, -0.2) is 27.1 Å². The Balaban J connectivity index is 2.24. The fourth-order valence-corrected chi connectivity index (χ4v) is 2.32. The molecule has 90 valence electrons. The van der Waals surface area contributed by atoms with Gasteiger partial charge in [-0.25, -0.2) is 4.68 Å². The summed E-state index contributed by atoms with van der Waals surface area (Å²) in [6.07, 6.45) is 5.85. The van der Waals surface area contributed by atoms with Crippen LogP contribution in [0.1, 0.15) is 12.1 Å². The van der Waals surface area contributed by atoms with Gasteiger partial charge in [-0.2, -0.15) is 0 Å². The Morgan fingerprint density at radius 2 is 2.18 bits per heavy atom. The number of nitrogens with zero attached hydrogens (tertiary/aromatic N) is 3. The maximum Gasteiger partial charge on any atom is 0.0832 e. The molecule has 0 aliphatic heterocycles. The van der Waals surface area contributed by atoms with E-state index in [2.05, 4.69) is 22.6 Å². The minimum atomic E-state index is 0.661. The number of thioether (sulfide) groups is 1. The van der Waals surface area contributed by atoms with E-state index in [1.165, 1.54) is 4.90 Å². The molecule has 5 heteroatoms. The zero-order valence-corrected chi connectivity index (χ0v) is 11.2. The van der Waals surface area contributed by atoms with Gasteiger partial charge in [-0.05, 0) is 31.2 Å². The van der Waals surface area contributed by atoms with Crippen LogP contribution in [0, 0.1) is 0 Å². The van der Waals surface area contributed by atoms with Crippen molar-refractivity contribution in [2.75, 3.05) is 12.1 Å². The largest absolute Gasteiger partial charge is 0.219 e. The molecule has 1 heterocycles. The van der Waals surface area contributed by atoms with Gasteiger partial charge in [0.2, 0.25) is 0 Å². The maximum atomic E-state index is 5.66. The zero-order valence-electron chi connectivity index (χ0n) is 9.64. The smallest absolute Gasteiger partial charge is 0.0832 e. The minimum absolute atomic E-state index is 0.661. The Morgan fingerprint density at radius 1 is 1.35 bits per heavy atom. The lowest BCUT2D eigenvalue weighted by molar-refractivity contribution is 0.782. The van der Waals surface area contributed by atoms with Crippen LogP contribution in [0.5, 0.6) is 0 Å². The van der Waals surface area contributed by atoms with E-state index in [1.54, 1.807) is 11.8 Å². The third kappa shape index (κ3) is 3.01. The highest BCUT2D eigenvalue weighted by Gasteiger charge is 2.06. The molecule has 2 aromatic rings. The van der Waals surface area contributed by atoms with Crippen molar-refractivity contribution in [3.05, 3.63) is 36.2 Å². The number of hydrogen-bond donors (Lipinski definition) is 0. The standard InChI is InChI=1S/C12H14ClN3S/c1-17-12-7-3-2-6-11(12)16-9-10(14-15-16)5-4-8-13/h2-3,6-7,9H,4-5,8H2,1H3. The first-order valence-corrected chi connectivity index (χ1v) is 7.21. The second kappa shape index (κ2) is 6.07. The third-order valence-electron chi connectivity index (χ3n) is 2.44. The molecule has 0 amide bonds. The van der Waals surface area contributed by atoms with Crippen LogP contribution < -0.4 is 0 Å². The van der Waals surface area contributed by atoms with Crippen molar-refractivity contribution in [1.82, 2.24) is 15.0 Å². The molecule has 0 aliphatic carbocycles. The molecule has 0 aliphatic rings. The summed E-state index contributed by atoms with van der Waals surface area (Å²) in [5.41, 5.74) is 2.06. The fourth-order valence-electron chi connectivity index (χ4n) is 1.60. The molecule has 1 aromatic heterocycles. The summed E-state index contributed by atoms with van der Waals surface area (Å²) in [6.45, 7) is 0. The lowest BCUT2D eigenvalue weighted by Gasteiger charge is -2.05. The third-order valence-corrected chi connectivity index (χ3v) is 3.49. The van der Waals surface area contributed by atoms with Gasteiger partial charge in [-0.15, -0.1) is 28.5 Å². The molecular weight excluding hydrogens is 254 g/mol. The van der Waals surface area contributed by atoms with Crippen molar-refractivity contribution in [3.63, 3.8) is 0 Å². The van der Waals surface area contributed by atoms with Crippen LogP contribution in [0.25, 0.3) is 5.69 Å². The van der Waals surface area contributed by atoms with E-state index in [9.17, 15) is 0 Å². The van der Waals surface area contributed by atoms with Gasteiger partial charge in [0.05, 0.1) is 17.6 Å². The molecular formula is C12H14ClN3S.